The Morgan fingerprint density at radius 3 is 1.98 bits per heavy atom. The zero-order valence-electron chi connectivity index (χ0n) is 24.4. The highest BCUT2D eigenvalue weighted by atomic mass is 19.3. The monoisotopic (exact) mass is 584 g/mol. The van der Waals surface area contributed by atoms with Crippen LogP contribution in [0.25, 0.3) is 11.1 Å². The van der Waals surface area contributed by atoms with Gasteiger partial charge in [0.1, 0.15) is 5.82 Å². The summed E-state index contributed by atoms with van der Waals surface area (Å²) < 4.78 is 77.1. The van der Waals surface area contributed by atoms with Crippen molar-refractivity contribution in [1.29, 1.82) is 0 Å². The van der Waals surface area contributed by atoms with E-state index in [4.69, 9.17) is 4.74 Å². The summed E-state index contributed by atoms with van der Waals surface area (Å²) in [5, 5.41) is 0. The topological polar surface area (TPSA) is 9.23 Å². The molecule has 5 rings (SSSR count). The Morgan fingerprint density at radius 2 is 1.36 bits per heavy atom. The van der Waals surface area contributed by atoms with Crippen molar-refractivity contribution >= 4 is 0 Å². The number of hydrogen-bond acceptors (Lipinski definition) is 1. The van der Waals surface area contributed by atoms with Crippen molar-refractivity contribution in [1.82, 2.24) is 0 Å². The Balaban J connectivity index is 1.09. The second-order valence-electron chi connectivity index (χ2n) is 12.3. The maximum Gasteiger partial charge on any atom is 0.383 e. The van der Waals surface area contributed by atoms with Crippen LogP contribution in [-0.2, 0) is 17.3 Å². The Labute approximate surface area is 246 Å². The third-order valence-electron chi connectivity index (χ3n) is 9.53. The summed E-state index contributed by atoms with van der Waals surface area (Å²) >= 11 is 0. The molecular weight excluding hydrogens is 543 g/mol. The molecule has 0 bridgehead atoms. The fourth-order valence-electron chi connectivity index (χ4n) is 7.01. The number of rotatable bonds is 10. The van der Waals surface area contributed by atoms with E-state index in [1.165, 1.54) is 24.3 Å². The highest BCUT2D eigenvalue weighted by Crippen LogP contribution is 2.45. The molecule has 226 valence electrons. The van der Waals surface area contributed by atoms with Crippen molar-refractivity contribution in [3.05, 3.63) is 94.8 Å². The Hall–Kier alpha value is -2.73. The van der Waals surface area contributed by atoms with Crippen molar-refractivity contribution in [2.75, 3.05) is 0 Å². The largest absolute Gasteiger partial charge is 0.383 e. The molecule has 0 N–H and O–H groups in total. The van der Waals surface area contributed by atoms with E-state index in [2.05, 4.69) is 6.92 Å². The molecule has 0 amide bonds. The first kappa shape index (κ1) is 30.7. The molecule has 0 atom stereocenters. The molecule has 3 aromatic rings. The smallest absolute Gasteiger partial charge is 0.313 e. The van der Waals surface area contributed by atoms with E-state index >= 15 is 0 Å². The predicted molar refractivity (Wildman–Crippen MR) is 157 cm³/mol. The van der Waals surface area contributed by atoms with Crippen molar-refractivity contribution in [2.45, 2.75) is 102 Å². The molecule has 42 heavy (non-hydrogen) atoms. The van der Waals surface area contributed by atoms with E-state index in [1.54, 1.807) is 18.2 Å². The molecular formula is C36H41F5O. The van der Waals surface area contributed by atoms with Crippen LogP contribution in [0.2, 0.25) is 0 Å². The number of benzene rings is 3. The Kier molecular flexibility index (Phi) is 10.0. The number of alkyl halides is 2. The maximum absolute atomic E-state index is 14.9. The van der Waals surface area contributed by atoms with Gasteiger partial charge in [-0.15, -0.1) is 0 Å². The second kappa shape index (κ2) is 13.7. The van der Waals surface area contributed by atoms with Crippen LogP contribution in [0.4, 0.5) is 22.0 Å². The zero-order chi connectivity index (χ0) is 29.7. The van der Waals surface area contributed by atoms with Crippen molar-refractivity contribution in [3.63, 3.8) is 0 Å². The Morgan fingerprint density at radius 1 is 0.690 bits per heavy atom. The molecule has 2 fully saturated rings. The fraction of sp³-hybridized carbons (Fsp3) is 0.500. The van der Waals surface area contributed by atoms with Gasteiger partial charge in [-0.3, -0.25) is 0 Å². The molecule has 0 aromatic heterocycles. The maximum atomic E-state index is 14.9. The lowest BCUT2D eigenvalue weighted by molar-refractivity contribution is -0.278. The van der Waals surface area contributed by atoms with Crippen LogP contribution in [0, 0.1) is 29.3 Å². The molecule has 2 aliphatic rings. The van der Waals surface area contributed by atoms with Gasteiger partial charge in [-0.1, -0.05) is 62.2 Å². The van der Waals surface area contributed by atoms with E-state index in [1.807, 2.05) is 6.07 Å². The normalized spacial score (nSPS) is 23.2. The number of hydrogen-bond donors (Lipinski definition) is 0. The first-order valence-electron chi connectivity index (χ1n) is 15.6. The average molecular weight is 585 g/mol. The first-order valence-corrected chi connectivity index (χ1v) is 15.6. The summed E-state index contributed by atoms with van der Waals surface area (Å²) in [5.41, 5.74) is 2.52. The van der Waals surface area contributed by atoms with Gasteiger partial charge in [0.2, 0.25) is 0 Å². The van der Waals surface area contributed by atoms with Crippen LogP contribution >= 0.6 is 0 Å². The SMILES string of the molecule is CCCCCc1ccc(C(F)(F)OC2CCC(C3CCC(c4ccc(-c5ccc(F)c(F)c5)c(F)c4)CC3)CC2)cc1. The summed E-state index contributed by atoms with van der Waals surface area (Å²) in [7, 11) is 0. The zero-order valence-corrected chi connectivity index (χ0v) is 24.4. The molecule has 2 aliphatic carbocycles. The summed E-state index contributed by atoms with van der Waals surface area (Å²) in [4.78, 5) is 0. The molecule has 0 heterocycles. The lowest BCUT2D eigenvalue weighted by Crippen LogP contribution is -2.32. The third kappa shape index (κ3) is 7.42. The van der Waals surface area contributed by atoms with Crippen molar-refractivity contribution in [2.24, 2.45) is 11.8 Å². The van der Waals surface area contributed by atoms with Crippen LogP contribution < -0.4 is 0 Å². The molecule has 0 unspecified atom stereocenters. The van der Waals surface area contributed by atoms with E-state index in [-0.39, 0.29) is 17.0 Å². The van der Waals surface area contributed by atoms with Crippen molar-refractivity contribution in [3.8, 4) is 11.1 Å². The van der Waals surface area contributed by atoms with Gasteiger partial charge in [-0.25, -0.2) is 13.2 Å². The quantitative estimate of drug-likeness (QED) is 0.170. The molecule has 0 aliphatic heterocycles. The van der Waals surface area contributed by atoms with E-state index < -0.39 is 29.7 Å². The van der Waals surface area contributed by atoms with Crippen LogP contribution in [0.3, 0.4) is 0 Å². The average Bonchev–Trinajstić information content (AvgIpc) is 2.99. The minimum absolute atomic E-state index is 0.0727. The van der Waals surface area contributed by atoms with Gasteiger partial charge in [0, 0.05) is 5.56 Å². The minimum Gasteiger partial charge on any atom is -0.313 e. The summed E-state index contributed by atoms with van der Waals surface area (Å²) in [5.74, 6) is -1.06. The van der Waals surface area contributed by atoms with Crippen LogP contribution in [0.5, 0.6) is 0 Å². The van der Waals surface area contributed by atoms with Gasteiger partial charge in [0.15, 0.2) is 11.6 Å². The second-order valence-corrected chi connectivity index (χ2v) is 12.3. The van der Waals surface area contributed by atoms with Crippen LogP contribution in [0.1, 0.15) is 100 Å². The molecule has 0 saturated heterocycles. The lowest BCUT2D eigenvalue weighted by Gasteiger charge is -2.38. The highest BCUT2D eigenvalue weighted by Gasteiger charge is 2.39. The highest BCUT2D eigenvalue weighted by molar-refractivity contribution is 5.64. The first-order chi connectivity index (χ1) is 20.2. The van der Waals surface area contributed by atoms with Gasteiger partial charge >= 0.3 is 6.11 Å². The van der Waals surface area contributed by atoms with E-state index in [0.29, 0.717) is 30.2 Å². The predicted octanol–water partition coefficient (Wildman–Crippen LogP) is 11.1. The lowest BCUT2D eigenvalue weighted by atomic mass is 9.69. The fourth-order valence-corrected chi connectivity index (χ4v) is 7.01. The molecule has 1 nitrogen and oxygen atoms in total. The number of halogens is 5. The third-order valence-corrected chi connectivity index (χ3v) is 9.53. The van der Waals surface area contributed by atoms with Crippen molar-refractivity contribution < 1.29 is 26.7 Å². The molecule has 3 aromatic carbocycles. The van der Waals surface area contributed by atoms with Gasteiger partial charge in [-0.2, -0.15) is 8.78 Å². The molecule has 0 radical (unpaired) electrons. The molecule has 2 saturated carbocycles. The van der Waals surface area contributed by atoms with Gasteiger partial charge in [-0.05, 0) is 117 Å². The van der Waals surface area contributed by atoms with Gasteiger partial charge < -0.3 is 4.74 Å². The molecule has 0 spiro atoms. The van der Waals surface area contributed by atoms with Crippen LogP contribution in [0.15, 0.2) is 60.7 Å². The van der Waals surface area contributed by atoms with Crippen LogP contribution in [-0.4, -0.2) is 6.10 Å². The van der Waals surface area contributed by atoms with E-state index in [9.17, 15) is 22.0 Å². The van der Waals surface area contributed by atoms with Gasteiger partial charge in [0.25, 0.3) is 0 Å². The molecule has 6 heteroatoms. The number of unbranched alkanes of at least 4 members (excludes halogenated alkanes) is 2. The van der Waals surface area contributed by atoms with E-state index in [0.717, 1.165) is 87.5 Å². The van der Waals surface area contributed by atoms with Gasteiger partial charge in [0.05, 0.1) is 11.7 Å². The summed E-state index contributed by atoms with van der Waals surface area (Å²) in [6, 6.07) is 15.1. The number of aryl methyl sites for hydroxylation is 1. The number of ether oxygens (including phenoxy) is 1. The Bertz CT molecular complexity index is 1300. The minimum atomic E-state index is -3.28. The summed E-state index contributed by atoms with van der Waals surface area (Å²) in [6.07, 6.45) is 7.60. The standard InChI is InChI=1S/C36H41F5O/c1-2-3-4-5-24-6-16-30(17-7-24)36(40,41)42-31-18-12-26(13-19-31)25-8-10-27(11-9-25)28-14-20-32(34(38)22-28)29-15-21-33(37)35(39)23-29/h6-7,14-17,20-23,25-27,31H,2-5,8-13,18-19H2,1H3. The summed E-state index contributed by atoms with van der Waals surface area (Å²) in [6.45, 7) is 2.15.